The van der Waals surface area contributed by atoms with Crippen LogP contribution in [0.25, 0.3) is 0 Å². The maximum absolute atomic E-state index is 11.3. The molecule has 2 nitrogen and oxygen atoms in total. The highest BCUT2D eigenvalue weighted by Gasteiger charge is 2.42. The van der Waals surface area contributed by atoms with Crippen LogP contribution in [-0.2, 0) is 4.79 Å². The number of aliphatic imine (C=N–C) groups is 1. The van der Waals surface area contributed by atoms with Gasteiger partial charge in [-0.25, -0.2) is 4.99 Å². The van der Waals surface area contributed by atoms with Gasteiger partial charge in [0.1, 0.15) is 4.75 Å². The van der Waals surface area contributed by atoms with E-state index in [0.717, 1.165) is 5.04 Å². The van der Waals surface area contributed by atoms with Gasteiger partial charge in [-0.1, -0.05) is 25.6 Å². The molecule has 0 unspecified atom stereocenters. The van der Waals surface area contributed by atoms with Gasteiger partial charge < -0.3 is 0 Å². The van der Waals surface area contributed by atoms with Gasteiger partial charge in [-0.3, -0.25) is 4.79 Å². The van der Waals surface area contributed by atoms with Crippen LogP contribution in [0, 0.1) is 5.92 Å². The topological polar surface area (TPSA) is 29.4 Å². The molecule has 0 bridgehead atoms. The summed E-state index contributed by atoms with van der Waals surface area (Å²) in [5.41, 5.74) is 0. The summed E-state index contributed by atoms with van der Waals surface area (Å²) in [7, 11) is 0. The number of carbonyl (C=O) groups excluding carboxylic acids is 1. The molecule has 0 fully saturated rings. The third-order valence-corrected chi connectivity index (χ3v) is 3.60. The first kappa shape index (κ1) is 8.78. The third-order valence-electron chi connectivity index (χ3n) is 2.15. The first-order chi connectivity index (χ1) is 4.97. The zero-order chi connectivity index (χ0) is 8.65. The number of carbonyl (C=O) groups is 1. The molecule has 1 amide bonds. The van der Waals surface area contributed by atoms with Crippen LogP contribution >= 0.6 is 11.8 Å². The Labute approximate surface area is 71.5 Å². The summed E-state index contributed by atoms with van der Waals surface area (Å²) >= 11 is 1.58. The van der Waals surface area contributed by atoms with E-state index in [-0.39, 0.29) is 10.7 Å². The second-order valence-corrected chi connectivity index (χ2v) is 4.94. The van der Waals surface area contributed by atoms with Crippen LogP contribution in [0.5, 0.6) is 0 Å². The molecule has 0 saturated carbocycles. The Kier molecular flexibility index (Phi) is 2.10. The molecular weight excluding hydrogens is 158 g/mol. The molecule has 62 valence electrons. The molecular formula is C8H13NOS. The lowest BCUT2D eigenvalue weighted by atomic mass is 9.96. The smallest absolute Gasteiger partial charge is 0.263 e. The Bertz CT molecular complexity index is 222. The molecule has 0 radical (unpaired) electrons. The molecule has 1 aliphatic heterocycles. The lowest BCUT2D eigenvalue weighted by Gasteiger charge is -2.23. The average Bonchev–Trinajstić information content (AvgIpc) is 2.08. The van der Waals surface area contributed by atoms with Crippen LogP contribution in [0.4, 0.5) is 0 Å². The van der Waals surface area contributed by atoms with E-state index in [1.54, 1.807) is 11.8 Å². The van der Waals surface area contributed by atoms with Gasteiger partial charge in [0.05, 0.1) is 5.04 Å². The summed E-state index contributed by atoms with van der Waals surface area (Å²) in [6.07, 6.45) is 0. The van der Waals surface area contributed by atoms with Crippen molar-refractivity contribution in [3.05, 3.63) is 0 Å². The van der Waals surface area contributed by atoms with E-state index in [2.05, 4.69) is 18.8 Å². The van der Waals surface area contributed by atoms with E-state index in [1.807, 2.05) is 13.8 Å². The average molecular weight is 171 g/mol. The molecule has 1 atom stereocenters. The molecule has 0 aromatic carbocycles. The summed E-state index contributed by atoms with van der Waals surface area (Å²) in [6.45, 7) is 7.96. The minimum atomic E-state index is -0.302. The van der Waals surface area contributed by atoms with Gasteiger partial charge in [-0.2, -0.15) is 0 Å². The molecule has 0 aromatic rings. The molecule has 0 N–H and O–H groups in total. The Morgan fingerprint density at radius 2 is 2.09 bits per heavy atom. The van der Waals surface area contributed by atoms with Crippen molar-refractivity contribution in [3.8, 4) is 0 Å². The fourth-order valence-electron chi connectivity index (χ4n) is 0.992. The molecule has 1 heterocycles. The summed E-state index contributed by atoms with van der Waals surface area (Å²) in [4.78, 5) is 15.2. The van der Waals surface area contributed by atoms with Crippen molar-refractivity contribution in [1.29, 1.82) is 0 Å². The third kappa shape index (κ3) is 1.34. The normalized spacial score (nSPS) is 31.4. The van der Waals surface area contributed by atoms with Gasteiger partial charge in [-0.15, -0.1) is 0 Å². The SMILES string of the molecule is CC1=NC(=O)[C@](C)(C(C)C)S1. The second kappa shape index (κ2) is 2.63. The van der Waals surface area contributed by atoms with Gasteiger partial charge in [-0.05, 0) is 19.8 Å². The minimum absolute atomic E-state index is 0.0231. The lowest BCUT2D eigenvalue weighted by molar-refractivity contribution is -0.120. The van der Waals surface area contributed by atoms with Crippen LogP contribution in [0.1, 0.15) is 27.7 Å². The van der Waals surface area contributed by atoms with Crippen LogP contribution in [0.3, 0.4) is 0 Å². The van der Waals surface area contributed by atoms with Gasteiger partial charge in [0.2, 0.25) is 0 Å². The Hall–Kier alpha value is -0.310. The first-order valence-corrected chi connectivity index (χ1v) is 4.57. The Balaban J connectivity index is 2.87. The van der Waals surface area contributed by atoms with E-state index in [0.29, 0.717) is 5.92 Å². The molecule has 1 rings (SSSR count). The molecule has 0 saturated heterocycles. The monoisotopic (exact) mass is 171 g/mol. The lowest BCUT2D eigenvalue weighted by Crippen LogP contribution is -2.33. The van der Waals surface area contributed by atoms with Gasteiger partial charge in [0.15, 0.2) is 0 Å². The molecule has 0 aromatic heterocycles. The van der Waals surface area contributed by atoms with Gasteiger partial charge >= 0.3 is 0 Å². The zero-order valence-electron chi connectivity index (χ0n) is 7.34. The number of thioether (sulfide) groups is 1. The number of hydrogen-bond acceptors (Lipinski definition) is 2. The highest BCUT2D eigenvalue weighted by Crippen LogP contribution is 2.39. The van der Waals surface area contributed by atoms with Crippen LogP contribution in [0.15, 0.2) is 4.99 Å². The van der Waals surface area contributed by atoms with Crippen molar-refractivity contribution in [2.75, 3.05) is 0 Å². The van der Waals surface area contributed by atoms with Crippen LogP contribution < -0.4 is 0 Å². The maximum atomic E-state index is 11.3. The molecule has 0 aliphatic carbocycles. The van der Waals surface area contributed by atoms with E-state index in [4.69, 9.17) is 0 Å². The molecule has 11 heavy (non-hydrogen) atoms. The highest BCUT2D eigenvalue weighted by molar-refractivity contribution is 8.16. The quantitative estimate of drug-likeness (QED) is 0.604. The largest absolute Gasteiger partial charge is 0.271 e. The molecule has 0 spiro atoms. The van der Waals surface area contributed by atoms with E-state index >= 15 is 0 Å². The van der Waals surface area contributed by atoms with E-state index in [1.165, 1.54) is 0 Å². The second-order valence-electron chi connectivity index (χ2n) is 3.30. The predicted molar refractivity (Wildman–Crippen MR) is 49.0 cm³/mol. The first-order valence-electron chi connectivity index (χ1n) is 3.75. The molecule has 1 aliphatic rings. The maximum Gasteiger partial charge on any atom is 0.263 e. The predicted octanol–water partition coefficient (Wildman–Crippen LogP) is 2.09. The Morgan fingerprint density at radius 3 is 2.27 bits per heavy atom. The molecule has 3 heteroatoms. The summed E-state index contributed by atoms with van der Waals surface area (Å²) in [5, 5.41) is 0.895. The van der Waals surface area contributed by atoms with Crippen molar-refractivity contribution in [1.82, 2.24) is 0 Å². The summed E-state index contributed by atoms with van der Waals surface area (Å²) in [5.74, 6) is 0.371. The fraction of sp³-hybridized carbons (Fsp3) is 0.750. The number of rotatable bonds is 1. The number of amides is 1. The van der Waals surface area contributed by atoms with Crippen molar-refractivity contribution in [2.24, 2.45) is 10.9 Å². The van der Waals surface area contributed by atoms with E-state index in [9.17, 15) is 4.79 Å². The van der Waals surface area contributed by atoms with Gasteiger partial charge in [0, 0.05) is 0 Å². The van der Waals surface area contributed by atoms with Crippen molar-refractivity contribution in [2.45, 2.75) is 32.4 Å². The van der Waals surface area contributed by atoms with Gasteiger partial charge in [0.25, 0.3) is 5.91 Å². The number of nitrogens with zero attached hydrogens (tertiary/aromatic N) is 1. The minimum Gasteiger partial charge on any atom is -0.271 e. The van der Waals surface area contributed by atoms with Crippen LogP contribution in [-0.4, -0.2) is 15.7 Å². The number of hydrogen-bond donors (Lipinski definition) is 0. The van der Waals surface area contributed by atoms with E-state index < -0.39 is 0 Å². The van der Waals surface area contributed by atoms with Crippen molar-refractivity contribution in [3.63, 3.8) is 0 Å². The van der Waals surface area contributed by atoms with Crippen LogP contribution in [0.2, 0.25) is 0 Å². The standard InChI is InChI=1S/C8H13NOS/c1-5(2)8(4)7(10)9-6(3)11-8/h5H,1-4H3/t8-/m0/s1. The highest BCUT2D eigenvalue weighted by atomic mass is 32.2. The zero-order valence-corrected chi connectivity index (χ0v) is 8.16. The fourth-order valence-corrected chi connectivity index (χ4v) is 2.10. The summed E-state index contributed by atoms with van der Waals surface area (Å²) in [6, 6.07) is 0. The Morgan fingerprint density at radius 1 is 1.55 bits per heavy atom. The summed E-state index contributed by atoms with van der Waals surface area (Å²) < 4.78 is -0.302. The van der Waals surface area contributed by atoms with Crippen molar-refractivity contribution >= 4 is 22.7 Å². The van der Waals surface area contributed by atoms with Crippen molar-refractivity contribution < 1.29 is 4.79 Å².